The number of terminal acetylenes is 1. The van der Waals surface area contributed by atoms with Crippen LogP contribution in [0.25, 0.3) is 10.8 Å². The van der Waals surface area contributed by atoms with E-state index in [1.807, 2.05) is 50.2 Å². The summed E-state index contributed by atoms with van der Waals surface area (Å²) in [5.41, 5.74) is 3.50. The molecule has 168 valence electrons. The van der Waals surface area contributed by atoms with Crippen molar-refractivity contribution in [3.8, 4) is 18.1 Å². The Morgan fingerprint density at radius 1 is 1.12 bits per heavy atom. The predicted molar refractivity (Wildman–Crippen MR) is 132 cm³/mol. The molecule has 0 fully saturated rings. The number of ether oxygens (including phenoxy) is 1. The van der Waals surface area contributed by atoms with Gasteiger partial charge in [-0.15, -0.1) is 6.42 Å². The zero-order chi connectivity index (χ0) is 23.8. The Balaban J connectivity index is 1.79. The van der Waals surface area contributed by atoms with Crippen LogP contribution in [0.15, 0.2) is 65.8 Å². The fourth-order valence-corrected chi connectivity index (χ4v) is 3.50. The average molecular weight is 462 g/mol. The second-order valence-electron chi connectivity index (χ2n) is 7.60. The summed E-state index contributed by atoms with van der Waals surface area (Å²) in [6.07, 6.45) is 6.84. The van der Waals surface area contributed by atoms with E-state index in [2.05, 4.69) is 21.8 Å². The summed E-state index contributed by atoms with van der Waals surface area (Å²) in [6, 6.07) is 17.3. The molecule has 0 spiro atoms. The lowest BCUT2D eigenvalue weighted by Crippen LogP contribution is -2.48. The summed E-state index contributed by atoms with van der Waals surface area (Å²) in [6.45, 7) is 3.77. The van der Waals surface area contributed by atoms with E-state index in [1.54, 1.807) is 24.3 Å². The Bertz CT molecular complexity index is 1230. The molecule has 0 aliphatic rings. The summed E-state index contributed by atoms with van der Waals surface area (Å²) < 4.78 is 5.64. The van der Waals surface area contributed by atoms with Crippen LogP contribution >= 0.6 is 11.6 Å². The van der Waals surface area contributed by atoms with Crippen LogP contribution < -0.4 is 15.5 Å². The van der Waals surface area contributed by atoms with Gasteiger partial charge >= 0.3 is 0 Å². The van der Waals surface area contributed by atoms with Crippen molar-refractivity contribution in [3.05, 3.63) is 76.8 Å². The highest BCUT2D eigenvalue weighted by molar-refractivity contribution is 6.33. The van der Waals surface area contributed by atoms with E-state index in [-0.39, 0.29) is 12.5 Å². The molecule has 0 radical (unpaired) electrons. The van der Waals surface area contributed by atoms with Crippen LogP contribution in [0.5, 0.6) is 5.75 Å². The number of benzene rings is 3. The normalized spacial score (nSPS) is 11.8. The van der Waals surface area contributed by atoms with E-state index in [1.165, 1.54) is 6.21 Å². The van der Waals surface area contributed by atoms with Crippen LogP contribution in [0.2, 0.25) is 5.02 Å². The predicted octanol–water partition coefficient (Wildman–Crippen LogP) is 4.41. The molecule has 3 aromatic rings. The zero-order valence-electron chi connectivity index (χ0n) is 18.3. The third-order valence-corrected chi connectivity index (χ3v) is 5.29. The van der Waals surface area contributed by atoms with Gasteiger partial charge < -0.3 is 10.1 Å². The quantitative estimate of drug-likeness (QED) is 0.296. The van der Waals surface area contributed by atoms with Gasteiger partial charge in [0.2, 0.25) is 0 Å². The molecule has 0 heterocycles. The van der Waals surface area contributed by atoms with Crippen LogP contribution in [0.4, 0.5) is 0 Å². The van der Waals surface area contributed by atoms with Crippen molar-refractivity contribution in [2.45, 2.75) is 19.9 Å². The lowest BCUT2D eigenvalue weighted by atomic mass is 10.0. The van der Waals surface area contributed by atoms with Gasteiger partial charge in [-0.05, 0) is 34.9 Å². The van der Waals surface area contributed by atoms with Crippen LogP contribution in [0.3, 0.4) is 0 Å². The number of rotatable bonds is 8. The van der Waals surface area contributed by atoms with Crippen LogP contribution in [-0.4, -0.2) is 30.7 Å². The second-order valence-corrected chi connectivity index (χ2v) is 8.01. The Kier molecular flexibility index (Phi) is 8.06. The third-order valence-electron chi connectivity index (χ3n) is 4.96. The van der Waals surface area contributed by atoms with Gasteiger partial charge in [-0.3, -0.25) is 9.59 Å². The van der Waals surface area contributed by atoms with Crippen molar-refractivity contribution in [2.24, 2.45) is 11.0 Å². The first-order valence-electron chi connectivity index (χ1n) is 10.4. The van der Waals surface area contributed by atoms with Crippen molar-refractivity contribution in [2.75, 3.05) is 6.61 Å². The number of fused-ring (bicyclic) bond motifs is 1. The molecule has 1 unspecified atom stereocenters. The Morgan fingerprint density at radius 3 is 2.58 bits per heavy atom. The van der Waals surface area contributed by atoms with Crippen molar-refractivity contribution < 1.29 is 14.3 Å². The highest BCUT2D eigenvalue weighted by Crippen LogP contribution is 2.26. The molecular formula is C26H24ClN3O3. The monoisotopic (exact) mass is 461 g/mol. The molecule has 0 saturated heterocycles. The lowest BCUT2D eigenvalue weighted by Gasteiger charge is -2.20. The molecule has 0 aliphatic heterocycles. The van der Waals surface area contributed by atoms with E-state index < -0.39 is 17.9 Å². The van der Waals surface area contributed by atoms with Gasteiger partial charge in [0, 0.05) is 5.56 Å². The number of nitrogens with one attached hydrogen (secondary N) is 2. The fraction of sp³-hybridized carbons (Fsp3) is 0.192. The van der Waals surface area contributed by atoms with Crippen LogP contribution in [-0.2, 0) is 4.79 Å². The number of carbonyl (C=O) groups is 2. The molecule has 3 rings (SSSR count). The number of amides is 2. The van der Waals surface area contributed by atoms with Crippen molar-refractivity contribution >= 4 is 40.4 Å². The van der Waals surface area contributed by atoms with E-state index in [0.717, 1.165) is 10.8 Å². The number of hydrogen-bond donors (Lipinski definition) is 2. The number of hydrogen-bond acceptors (Lipinski definition) is 4. The van der Waals surface area contributed by atoms with Crippen molar-refractivity contribution in [3.63, 3.8) is 0 Å². The average Bonchev–Trinajstić information content (AvgIpc) is 2.81. The molecule has 2 amide bonds. The Labute approximate surface area is 198 Å². The summed E-state index contributed by atoms with van der Waals surface area (Å²) >= 11 is 6.10. The molecule has 0 saturated carbocycles. The van der Waals surface area contributed by atoms with E-state index in [9.17, 15) is 9.59 Å². The summed E-state index contributed by atoms with van der Waals surface area (Å²) in [5, 5.41) is 9.07. The first-order chi connectivity index (χ1) is 15.9. The van der Waals surface area contributed by atoms with Gasteiger partial charge in [-0.25, -0.2) is 5.43 Å². The van der Waals surface area contributed by atoms with E-state index in [4.69, 9.17) is 22.8 Å². The molecular weight excluding hydrogens is 438 g/mol. The number of nitrogens with zero attached hydrogens (tertiary/aromatic N) is 1. The minimum Gasteiger partial charge on any atom is -0.480 e. The summed E-state index contributed by atoms with van der Waals surface area (Å²) in [7, 11) is 0. The standard InChI is InChI=1S/C26H24ClN3O3/c1-4-15-33-23-14-13-18-9-5-6-10-19(18)21(23)16-28-30-26(32)24(17(2)3)29-25(31)20-11-7-8-12-22(20)27/h1,5-14,16-17,24H,15H2,2-3H3,(H,29,31)(H,30,32)/b28-16+. The molecule has 0 bridgehead atoms. The van der Waals surface area contributed by atoms with Crippen molar-refractivity contribution in [1.82, 2.24) is 10.7 Å². The molecule has 6 nitrogen and oxygen atoms in total. The first kappa shape index (κ1) is 23.8. The maximum Gasteiger partial charge on any atom is 0.262 e. The topological polar surface area (TPSA) is 79.8 Å². The third kappa shape index (κ3) is 5.91. The second kappa shape index (κ2) is 11.2. The van der Waals surface area contributed by atoms with E-state index in [0.29, 0.717) is 21.9 Å². The zero-order valence-corrected chi connectivity index (χ0v) is 19.1. The maximum absolute atomic E-state index is 12.8. The summed E-state index contributed by atoms with van der Waals surface area (Å²) in [4.78, 5) is 25.4. The largest absolute Gasteiger partial charge is 0.480 e. The van der Waals surface area contributed by atoms with Gasteiger partial charge in [0.15, 0.2) is 0 Å². The van der Waals surface area contributed by atoms with Gasteiger partial charge in [0.05, 0.1) is 16.8 Å². The molecule has 33 heavy (non-hydrogen) atoms. The molecule has 0 aliphatic carbocycles. The fourth-order valence-electron chi connectivity index (χ4n) is 3.28. The SMILES string of the molecule is C#CCOc1ccc2ccccc2c1/C=N/NC(=O)C(NC(=O)c1ccccc1Cl)C(C)C. The van der Waals surface area contributed by atoms with Gasteiger partial charge in [0.25, 0.3) is 11.8 Å². The minimum atomic E-state index is -0.810. The molecule has 1 atom stereocenters. The molecule has 3 aromatic carbocycles. The minimum absolute atomic E-state index is 0.106. The lowest BCUT2D eigenvalue weighted by molar-refractivity contribution is -0.123. The molecule has 7 heteroatoms. The smallest absolute Gasteiger partial charge is 0.262 e. The van der Waals surface area contributed by atoms with Crippen LogP contribution in [0, 0.1) is 18.3 Å². The van der Waals surface area contributed by atoms with Gasteiger partial charge in [-0.2, -0.15) is 5.10 Å². The van der Waals surface area contributed by atoms with Gasteiger partial charge in [-0.1, -0.05) is 73.8 Å². The van der Waals surface area contributed by atoms with Gasteiger partial charge in [0.1, 0.15) is 18.4 Å². The highest BCUT2D eigenvalue weighted by atomic mass is 35.5. The highest BCUT2D eigenvalue weighted by Gasteiger charge is 2.25. The first-order valence-corrected chi connectivity index (χ1v) is 10.8. The van der Waals surface area contributed by atoms with Crippen molar-refractivity contribution in [1.29, 1.82) is 0 Å². The van der Waals surface area contributed by atoms with E-state index >= 15 is 0 Å². The Hall–Kier alpha value is -3.82. The summed E-state index contributed by atoms with van der Waals surface area (Å²) in [5.74, 6) is 1.93. The molecule has 0 aromatic heterocycles. The number of halogens is 1. The Morgan fingerprint density at radius 2 is 1.85 bits per heavy atom. The maximum atomic E-state index is 12.8. The number of hydrazone groups is 1. The van der Waals surface area contributed by atoms with Crippen LogP contribution in [0.1, 0.15) is 29.8 Å². The number of carbonyl (C=O) groups excluding carboxylic acids is 2. The molecule has 2 N–H and O–H groups in total.